The molecule has 0 aliphatic heterocycles. The molecule has 21 heavy (non-hydrogen) atoms. The van der Waals surface area contributed by atoms with Crippen molar-refractivity contribution < 1.29 is 23.0 Å². The average Bonchev–Trinajstić information content (AvgIpc) is 2.86. The predicted octanol–water partition coefficient (Wildman–Crippen LogP) is 1.41. The lowest BCUT2D eigenvalue weighted by Gasteiger charge is -2.13. The fourth-order valence-corrected chi connectivity index (χ4v) is 2.31. The van der Waals surface area contributed by atoms with Crippen LogP contribution in [0, 0.1) is 0 Å². The number of esters is 1. The highest BCUT2D eigenvalue weighted by Gasteiger charge is 2.11. The number of rotatable bonds is 6. The minimum absolute atomic E-state index is 0.222. The monoisotopic (exact) mass is 312 g/mol. The summed E-state index contributed by atoms with van der Waals surface area (Å²) in [7, 11) is 1.33. The number of ether oxygens (including phenoxy) is 2. The first-order valence-corrected chi connectivity index (χ1v) is 7.51. The summed E-state index contributed by atoms with van der Waals surface area (Å²) >= 11 is -1.97. The molecule has 2 aromatic rings. The van der Waals surface area contributed by atoms with Crippen LogP contribution in [0.3, 0.4) is 0 Å². The van der Waals surface area contributed by atoms with Gasteiger partial charge in [-0.15, -0.1) is 0 Å². The minimum Gasteiger partial charge on any atom is -0.465 e. The number of carbonyl (C=O) groups is 1. The van der Waals surface area contributed by atoms with E-state index in [4.69, 9.17) is 9.29 Å². The van der Waals surface area contributed by atoms with Gasteiger partial charge in [0, 0.05) is 0 Å². The standard InChI is InChI=1S/C13H16N2O5S/c1-9(20-8-21(17)18)6-15-7-14-11-5-10(13(16)19-2)3-4-12(11)15/h3-5,7,9H,6,8H2,1-2H3,(H,17,18). The van der Waals surface area contributed by atoms with Crippen molar-refractivity contribution in [1.29, 1.82) is 0 Å². The third kappa shape index (κ3) is 3.87. The molecule has 0 amide bonds. The summed E-state index contributed by atoms with van der Waals surface area (Å²) in [5.41, 5.74) is 1.97. The summed E-state index contributed by atoms with van der Waals surface area (Å²) in [6.07, 6.45) is 1.40. The van der Waals surface area contributed by atoms with Gasteiger partial charge in [0.05, 0.1) is 42.7 Å². The lowest BCUT2D eigenvalue weighted by molar-refractivity contribution is 0.0601. The lowest BCUT2D eigenvalue weighted by atomic mass is 10.2. The summed E-state index contributed by atoms with van der Waals surface area (Å²) in [4.78, 5) is 15.7. The highest BCUT2D eigenvalue weighted by Crippen LogP contribution is 2.16. The Kier molecular flexibility index (Phi) is 5.05. The molecule has 1 aromatic carbocycles. The van der Waals surface area contributed by atoms with Crippen LogP contribution in [0.2, 0.25) is 0 Å². The van der Waals surface area contributed by atoms with Gasteiger partial charge < -0.3 is 18.6 Å². The van der Waals surface area contributed by atoms with E-state index in [0.29, 0.717) is 17.6 Å². The fraction of sp³-hybridized carbons (Fsp3) is 0.385. The second-order valence-electron chi connectivity index (χ2n) is 4.51. The van der Waals surface area contributed by atoms with E-state index in [1.807, 2.05) is 11.5 Å². The first-order chi connectivity index (χ1) is 10.0. The molecule has 1 aromatic heterocycles. The third-order valence-corrected chi connectivity index (χ3v) is 3.29. The van der Waals surface area contributed by atoms with Crippen molar-refractivity contribution in [1.82, 2.24) is 9.55 Å². The first kappa shape index (κ1) is 15.6. The van der Waals surface area contributed by atoms with Gasteiger partial charge in [0.1, 0.15) is 5.94 Å². The maximum atomic E-state index is 11.5. The summed E-state index contributed by atoms with van der Waals surface area (Å²) in [5.74, 6) is -0.631. The van der Waals surface area contributed by atoms with Gasteiger partial charge >= 0.3 is 5.97 Å². The van der Waals surface area contributed by atoms with Gasteiger partial charge in [0.15, 0.2) is 11.1 Å². The van der Waals surface area contributed by atoms with Crippen molar-refractivity contribution in [2.75, 3.05) is 13.0 Å². The summed E-state index contributed by atoms with van der Waals surface area (Å²) in [5, 5.41) is 0. The SMILES string of the molecule is COC(=O)c1ccc2c(c1)ncn2CC(C)OCS(=O)O. The molecule has 0 radical (unpaired) electrons. The Morgan fingerprint density at radius 2 is 2.29 bits per heavy atom. The van der Waals surface area contributed by atoms with E-state index < -0.39 is 17.0 Å². The third-order valence-electron chi connectivity index (χ3n) is 2.95. The first-order valence-electron chi connectivity index (χ1n) is 6.23. The van der Waals surface area contributed by atoms with E-state index in [9.17, 15) is 9.00 Å². The Hall–Kier alpha value is -1.77. The van der Waals surface area contributed by atoms with Crippen LogP contribution in [-0.2, 0) is 27.1 Å². The number of hydrogen-bond acceptors (Lipinski definition) is 5. The molecular formula is C13H16N2O5S. The predicted molar refractivity (Wildman–Crippen MR) is 77.3 cm³/mol. The molecule has 0 saturated carbocycles. The largest absolute Gasteiger partial charge is 0.465 e. The fourth-order valence-electron chi connectivity index (χ4n) is 1.96. The second-order valence-corrected chi connectivity index (χ2v) is 5.39. The molecule has 0 fully saturated rings. The van der Waals surface area contributed by atoms with E-state index in [0.717, 1.165) is 5.52 Å². The Balaban J connectivity index is 2.15. The van der Waals surface area contributed by atoms with Crippen molar-refractivity contribution in [3.05, 3.63) is 30.1 Å². The molecule has 7 nitrogen and oxygen atoms in total. The van der Waals surface area contributed by atoms with E-state index in [2.05, 4.69) is 9.72 Å². The van der Waals surface area contributed by atoms with Crippen LogP contribution in [0.5, 0.6) is 0 Å². The Morgan fingerprint density at radius 1 is 1.52 bits per heavy atom. The summed E-state index contributed by atoms with van der Waals surface area (Å²) in [6, 6.07) is 5.11. The van der Waals surface area contributed by atoms with Crippen molar-refractivity contribution in [2.24, 2.45) is 0 Å². The number of carbonyl (C=O) groups excluding carboxylic acids is 1. The zero-order chi connectivity index (χ0) is 15.4. The quantitative estimate of drug-likeness (QED) is 0.640. The number of nitrogens with zero attached hydrogens (tertiary/aromatic N) is 2. The molecule has 2 atom stereocenters. The molecule has 2 unspecified atom stereocenters. The molecule has 0 aliphatic rings. The molecule has 1 heterocycles. The molecule has 8 heteroatoms. The Morgan fingerprint density at radius 3 is 2.95 bits per heavy atom. The maximum absolute atomic E-state index is 11.5. The lowest BCUT2D eigenvalue weighted by Crippen LogP contribution is -2.18. The number of aromatic nitrogens is 2. The van der Waals surface area contributed by atoms with Gasteiger partial charge in [0.25, 0.3) is 0 Å². The molecule has 0 aliphatic carbocycles. The van der Waals surface area contributed by atoms with Gasteiger partial charge in [-0.25, -0.2) is 14.0 Å². The van der Waals surface area contributed by atoms with Gasteiger partial charge in [-0.05, 0) is 25.1 Å². The van der Waals surface area contributed by atoms with Crippen LogP contribution in [0.1, 0.15) is 17.3 Å². The number of fused-ring (bicyclic) bond motifs is 1. The second kappa shape index (κ2) is 6.79. The van der Waals surface area contributed by atoms with Crippen molar-refractivity contribution in [2.45, 2.75) is 19.6 Å². The van der Waals surface area contributed by atoms with E-state index >= 15 is 0 Å². The number of benzene rings is 1. The number of imidazole rings is 1. The van der Waals surface area contributed by atoms with Crippen molar-refractivity contribution in [3.8, 4) is 0 Å². The Labute approximate surface area is 124 Å². The normalized spacial score (nSPS) is 14.0. The summed E-state index contributed by atoms with van der Waals surface area (Å²) in [6.45, 7) is 2.30. The van der Waals surface area contributed by atoms with Gasteiger partial charge in [-0.3, -0.25) is 0 Å². The molecular weight excluding hydrogens is 296 g/mol. The zero-order valence-electron chi connectivity index (χ0n) is 11.7. The van der Waals surface area contributed by atoms with E-state index in [1.165, 1.54) is 7.11 Å². The Bertz CT molecular complexity index is 670. The minimum atomic E-state index is -1.97. The molecule has 0 saturated heterocycles. The highest BCUT2D eigenvalue weighted by molar-refractivity contribution is 7.79. The maximum Gasteiger partial charge on any atom is 0.337 e. The van der Waals surface area contributed by atoms with Crippen molar-refractivity contribution >= 4 is 28.1 Å². The van der Waals surface area contributed by atoms with Gasteiger partial charge in [-0.1, -0.05) is 0 Å². The molecule has 0 spiro atoms. The molecule has 0 bridgehead atoms. The van der Waals surface area contributed by atoms with Crippen LogP contribution in [-0.4, -0.2) is 43.4 Å². The van der Waals surface area contributed by atoms with E-state index in [-0.39, 0.29) is 12.0 Å². The topological polar surface area (TPSA) is 90.6 Å². The highest BCUT2D eigenvalue weighted by atomic mass is 32.2. The van der Waals surface area contributed by atoms with Crippen LogP contribution in [0.25, 0.3) is 11.0 Å². The van der Waals surface area contributed by atoms with Gasteiger partial charge in [-0.2, -0.15) is 0 Å². The average molecular weight is 312 g/mol. The molecule has 1 N–H and O–H groups in total. The zero-order valence-corrected chi connectivity index (χ0v) is 12.5. The van der Waals surface area contributed by atoms with Gasteiger partial charge in [0.2, 0.25) is 0 Å². The van der Waals surface area contributed by atoms with Crippen LogP contribution < -0.4 is 0 Å². The number of hydrogen-bond donors (Lipinski definition) is 1. The van der Waals surface area contributed by atoms with Crippen molar-refractivity contribution in [3.63, 3.8) is 0 Å². The summed E-state index contributed by atoms with van der Waals surface area (Å²) < 4.78 is 31.0. The van der Waals surface area contributed by atoms with E-state index in [1.54, 1.807) is 24.5 Å². The smallest absolute Gasteiger partial charge is 0.337 e. The van der Waals surface area contributed by atoms with Crippen LogP contribution >= 0.6 is 0 Å². The molecule has 114 valence electrons. The van der Waals surface area contributed by atoms with Crippen LogP contribution in [0.4, 0.5) is 0 Å². The molecule has 2 rings (SSSR count). The van der Waals surface area contributed by atoms with Crippen LogP contribution in [0.15, 0.2) is 24.5 Å². The number of methoxy groups -OCH3 is 1.